The SMILES string of the molecule is Cn1ccnc1C1CNCCN1S(=O)(=O)c1cncc(Br)c1. The van der Waals surface area contributed by atoms with E-state index in [1.165, 1.54) is 10.5 Å². The van der Waals surface area contributed by atoms with E-state index in [4.69, 9.17) is 0 Å². The number of piperazine rings is 1. The van der Waals surface area contributed by atoms with Crippen LogP contribution < -0.4 is 5.32 Å². The molecule has 1 unspecified atom stereocenters. The Morgan fingerprint density at radius 2 is 2.23 bits per heavy atom. The lowest BCUT2D eigenvalue weighted by atomic mass is 10.2. The first-order chi connectivity index (χ1) is 10.5. The molecular weight excluding hydrogens is 370 g/mol. The second-order valence-electron chi connectivity index (χ2n) is 5.07. The summed E-state index contributed by atoms with van der Waals surface area (Å²) in [6, 6.07) is 1.23. The molecule has 0 aliphatic carbocycles. The van der Waals surface area contributed by atoms with E-state index in [0.717, 1.165) is 5.82 Å². The molecule has 118 valence electrons. The summed E-state index contributed by atoms with van der Waals surface area (Å²) < 4.78 is 29.9. The van der Waals surface area contributed by atoms with Crippen molar-refractivity contribution < 1.29 is 8.42 Å². The summed E-state index contributed by atoms with van der Waals surface area (Å²) in [5.41, 5.74) is 0. The molecule has 0 aromatic carbocycles. The second-order valence-corrected chi connectivity index (χ2v) is 7.88. The van der Waals surface area contributed by atoms with E-state index in [2.05, 4.69) is 31.2 Å². The molecule has 9 heteroatoms. The monoisotopic (exact) mass is 385 g/mol. The van der Waals surface area contributed by atoms with Crippen molar-refractivity contribution >= 4 is 26.0 Å². The number of halogens is 1. The molecule has 1 aliphatic rings. The summed E-state index contributed by atoms with van der Waals surface area (Å²) in [6.45, 7) is 1.54. The molecule has 0 bridgehead atoms. The van der Waals surface area contributed by atoms with Crippen LogP contribution in [0.25, 0.3) is 0 Å². The number of aryl methyl sites for hydroxylation is 1. The molecule has 22 heavy (non-hydrogen) atoms. The van der Waals surface area contributed by atoms with Crippen LogP contribution in [-0.2, 0) is 17.1 Å². The Labute approximate surface area is 137 Å². The van der Waals surface area contributed by atoms with Gasteiger partial charge in [0.25, 0.3) is 0 Å². The number of pyridine rings is 1. The smallest absolute Gasteiger partial charge is 0.245 e. The van der Waals surface area contributed by atoms with Gasteiger partial charge < -0.3 is 9.88 Å². The number of nitrogens with one attached hydrogen (secondary N) is 1. The normalized spacial score (nSPS) is 20.2. The van der Waals surface area contributed by atoms with Gasteiger partial charge in [0.1, 0.15) is 10.7 Å². The molecule has 2 aromatic heterocycles. The molecule has 1 fully saturated rings. The maximum Gasteiger partial charge on any atom is 0.245 e. The number of nitrogens with zero attached hydrogens (tertiary/aromatic N) is 4. The zero-order chi connectivity index (χ0) is 15.7. The van der Waals surface area contributed by atoms with Crippen molar-refractivity contribution in [2.24, 2.45) is 7.05 Å². The summed E-state index contributed by atoms with van der Waals surface area (Å²) in [5.74, 6) is 0.721. The number of rotatable bonds is 3. The highest BCUT2D eigenvalue weighted by atomic mass is 79.9. The van der Waals surface area contributed by atoms with Crippen LogP contribution in [0, 0.1) is 0 Å². The summed E-state index contributed by atoms with van der Waals surface area (Å²) >= 11 is 3.27. The maximum atomic E-state index is 13.0. The zero-order valence-corrected chi connectivity index (χ0v) is 14.4. The number of hydrogen-bond acceptors (Lipinski definition) is 5. The predicted molar refractivity (Wildman–Crippen MR) is 84.6 cm³/mol. The number of imidazole rings is 1. The van der Waals surface area contributed by atoms with Gasteiger partial charge in [-0.2, -0.15) is 4.31 Å². The van der Waals surface area contributed by atoms with E-state index in [9.17, 15) is 8.42 Å². The van der Waals surface area contributed by atoms with Gasteiger partial charge >= 0.3 is 0 Å². The van der Waals surface area contributed by atoms with Gasteiger partial charge in [0, 0.05) is 55.9 Å². The predicted octanol–water partition coefficient (Wildman–Crippen LogP) is 0.913. The van der Waals surface area contributed by atoms with Crippen LogP contribution in [0.3, 0.4) is 0 Å². The van der Waals surface area contributed by atoms with Crippen molar-refractivity contribution in [3.05, 3.63) is 41.2 Å². The number of aromatic nitrogens is 3. The topological polar surface area (TPSA) is 80.1 Å². The van der Waals surface area contributed by atoms with Crippen LogP contribution in [0.1, 0.15) is 11.9 Å². The van der Waals surface area contributed by atoms with Crippen molar-refractivity contribution in [2.75, 3.05) is 19.6 Å². The average molecular weight is 386 g/mol. The largest absolute Gasteiger partial charge is 0.337 e. The molecule has 1 N–H and O–H groups in total. The minimum Gasteiger partial charge on any atom is -0.337 e. The number of hydrogen-bond donors (Lipinski definition) is 1. The Kier molecular flexibility index (Phi) is 4.31. The first-order valence-electron chi connectivity index (χ1n) is 6.80. The van der Waals surface area contributed by atoms with Crippen molar-refractivity contribution in [1.29, 1.82) is 0 Å². The molecule has 3 rings (SSSR count). The molecule has 0 amide bonds. The highest BCUT2D eigenvalue weighted by Gasteiger charge is 2.36. The summed E-state index contributed by atoms with van der Waals surface area (Å²) in [5, 5.41) is 3.23. The van der Waals surface area contributed by atoms with Gasteiger partial charge in [0.15, 0.2) is 0 Å². The number of sulfonamides is 1. The minimum absolute atomic E-state index is 0.183. The second kappa shape index (κ2) is 6.07. The first-order valence-corrected chi connectivity index (χ1v) is 9.04. The van der Waals surface area contributed by atoms with Gasteiger partial charge in [0.2, 0.25) is 10.0 Å². The quantitative estimate of drug-likeness (QED) is 0.849. The van der Waals surface area contributed by atoms with Crippen LogP contribution in [-0.4, -0.2) is 46.9 Å². The van der Waals surface area contributed by atoms with Crippen LogP contribution in [0.4, 0.5) is 0 Å². The third-order valence-electron chi connectivity index (χ3n) is 3.64. The molecular formula is C13H16BrN5O2S. The van der Waals surface area contributed by atoms with Gasteiger partial charge in [-0.3, -0.25) is 4.98 Å². The van der Waals surface area contributed by atoms with E-state index < -0.39 is 10.0 Å². The Morgan fingerprint density at radius 3 is 2.91 bits per heavy atom. The summed E-state index contributed by atoms with van der Waals surface area (Å²) in [6.07, 6.45) is 6.43. The molecule has 1 aliphatic heterocycles. The van der Waals surface area contributed by atoms with Crippen LogP contribution in [0.15, 0.2) is 40.2 Å². The molecule has 1 saturated heterocycles. The van der Waals surface area contributed by atoms with Gasteiger partial charge in [-0.05, 0) is 22.0 Å². The van der Waals surface area contributed by atoms with Gasteiger partial charge in [0.05, 0.1) is 6.04 Å². The summed E-state index contributed by atoms with van der Waals surface area (Å²) in [7, 11) is -1.77. The van der Waals surface area contributed by atoms with Crippen LogP contribution in [0.2, 0.25) is 0 Å². The molecule has 7 nitrogen and oxygen atoms in total. The standard InChI is InChI=1S/C13H16BrN5O2S/c1-18-4-3-17-13(18)12-9-15-2-5-19(12)22(20,21)11-6-10(14)7-16-8-11/h3-4,6-8,12,15H,2,5,9H2,1H3. The Hall–Kier alpha value is -1.29. The van der Waals surface area contributed by atoms with E-state index in [0.29, 0.717) is 24.1 Å². The molecule has 1 atom stereocenters. The van der Waals surface area contributed by atoms with Gasteiger partial charge in [-0.25, -0.2) is 13.4 Å². The molecule has 0 radical (unpaired) electrons. The fraction of sp³-hybridized carbons (Fsp3) is 0.385. The fourth-order valence-electron chi connectivity index (χ4n) is 2.56. The van der Waals surface area contributed by atoms with E-state index >= 15 is 0 Å². The molecule has 0 saturated carbocycles. The molecule has 0 spiro atoms. The first kappa shape index (κ1) is 15.6. The Morgan fingerprint density at radius 1 is 1.41 bits per heavy atom. The summed E-state index contributed by atoms with van der Waals surface area (Å²) in [4.78, 5) is 8.45. The lowest BCUT2D eigenvalue weighted by molar-refractivity contribution is 0.258. The van der Waals surface area contributed by atoms with E-state index in [1.807, 2.05) is 17.8 Å². The Bertz CT molecular complexity index is 776. The lowest BCUT2D eigenvalue weighted by Crippen LogP contribution is -2.49. The van der Waals surface area contributed by atoms with Gasteiger partial charge in [-0.15, -0.1) is 0 Å². The van der Waals surface area contributed by atoms with Gasteiger partial charge in [-0.1, -0.05) is 0 Å². The average Bonchev–Trinajstić information content (AvgIpc) is 2.93. The van der Waals surface area contributed by atoms with E-state index in [-0.39, 0.29) is 10.9 Å². The third-order valence-corrected chi connectivity index (χ3v) is 5.94. The molecule has 3 heterocycles. The fourth-order valence-corrected chi connectivity index (χ4v) is 4.65. The third kappa shape index (κ3) is 2.81. The van der Waals surface area contributed by atoms with Crippen molar-refractivity contribution in [1.82, 2.24) is 24.2 Å². The molecule has 2 aromatic rings. The highest BCUT2D eigenvalue weighted by molar-refractivity contribution is 9.10. The minimum atomic E-state index is -3.63. The van der Waals surface area contributed by atoms with Crippen molar-refractivity contribution in [2.45, 2.75) is 10.9 Å². The van der Waals surface area contributed by atoms with Crippen LogP contribution >= 0.6 is 15.9 Å². The Balaban J connectivity index is 2.02. The van der Waals surface area contributed by atoms with Crippen molar-refractivity contribution in [3.8, 4) is 0 Å². The highest BCUT2D eigenvalue weighted by Crippen LogP contribution is 2.28. The zero-order valence-electron chi connectivity index (χ0n) is 12.0. The maximum absolute atomic E-state index is 13.0. The van der Waals surface area contributed by atoms with E-state index in [1.54, 1.807) is 18.5 Å². The van der Waals surface area contributed by atoms with Crippen LogP contribution in [0.5, 0.6) is 0 Å². The lowest BCUT2D eigenvalue weighted by Gasteiger charge is -2.34. The van der Waals surface area contributed by atoms with Crippen molar-refractivity contribution in [3.63, 3.8) is 0 Å².